The third-order valence-corrected chi connectivity index (χ3v) is 4.17. The van der Waals surface area contributed by atoms with Gasteiger partial charge in [-0.3, -0.25) is 14.5 Å². The molecule has 6 nitrogen and oxygen atoms in total. The summed E-state index contributed by atoms with van der Waals surface area (Å²) < 4.78 is 44.2. The SMILES string of the molecule is Cc1cc(N2CC(C(=O)Nc3ccc(Cl)cc3C(F)(F)F)CC2=O)no1. The summed E-state index contributed by atoms with van der Waals surface area (Å²) in [6.07, 6.45) is -4.81. The van der Waals surface area contributed by atoms with Crippen molar-refractivity contribution in [3.8, 4) is 0 Å². The van der Waals surface area contributed by atoms with Gasteiger partial charge in [-0.2, -0.15) is 13.2 Å². The molecule has 1 fully saturated rings. The highest BCUT2D eigenvalue weighted by molar-refractivity contribution is 6.30. The second-order valence-electron chi connectivity index (χ2n) is 5.88. The Kier molecular flexibility index (Phi) is 4.66. The average molecular weight is 388 g/mol. The van der Waals surface area contributed by atoms with Crippen LogP contribution in [0.4, 0.5) is 24.7 Å². The van der Waals surface area contributed by atoms with Gasteiger partial charge >= 0.3 is 6.18 Å². The van der Waals surface area contributed by atoms with Gasteiger partial charge in [0.15, 0.2) is 5.82 Å². The summed E-state index contributed by atoms with van der Waals surface area (Å²) in [5.74, 6) is -1.09. The Labute approximate surface area is 150 Å². The van der Waals surface area contributed by atoms with Crippen molar-refractivity contribution in [2.75, 3.05) is 16.8 Å². The van der Waals surface area contributed by atoms with Crippen LogP contribution in [0.15, 0.2) is 28.8 Å². The van der Waals surface area contributed by atoms with Gasteiger partial charge in [0.25, 0.3) is 0 Å². The first-order valence-corrected chi connectivity index (χ1v) is 7.94. The van der Waals surface area contributed by atoms with E-state index in [-0.39, 0.29) is 29.7 Å². The molecule has 3 rings (SSSR count). The molecule has 1 atom stereocenters. The second kappa shape index (κ2) is 6.64. The Morgan fingerprint density at radius 1 is 1.38 bits per heavy atom. The van der Waals surface area contributed by atoms with Crippen LogP contribution in [-0.2, 0) is 15.8 Å². The van der Waals surface area contributed by atoms with E-state index in [1.54, 1.807) is 13.0 Å². The number of benzene rings is 1. The lowest BCUT2D eigenvalue weighted by molar-refractivity contribution is -0.137. The lowest BCUT2D eigenvalue weighted by atomic mass is 10.1. The molecule has 0 spiro atoms. The van der Waals surface area contributed by atoms with Crippen molar-refractivity contribution in [1.82, 2.24) is 5.16 Å². The minimum atomic E-state index is -4.68. The summed E-state index contributed by atoms with van der Waals surface area (Å²) in [6.45, 7) is 1.66. The Morgan fingerprint density at radius 3 is 2.73 bits per heavy atom. The maximum Gasteiger partial charge on any atom is 0.418 e. The van der Waals surface area contributed by atoms with Crippen molar-refractivity contribution < 1.29 is 27.3 Å². The topological polar surface area (TPSA) is 75.4 Å². The van der Waals surface area contributed by atoms with Crippen molar-refractivity contribution in [2.45, 2.75) is 19.5 Å². The molecule has 1 saturated heterocycles. The number of rotatable bonds is 3. The fraction of sp³-hybridized carbons (Fsp3) is 0.312. The minimum absolute atomic E-state index is 0.00554. The van der Waals surface area contributed by atoms with Gasteiger partial charge in [-0.15, -0.1) is 0 Å². The van der Waals surface area contributed by atoms with E-state index >= 15 is 0 Å². The molecule has 0 bridgehead atoms. The van der Waals surface area contributed by atoms with E-state index in [1.165, 1.54) is 11.0 Å². The first-order valence-electron chi connectivity index (χ1n) is 7.56. The molecule has 26 heavy (non-hydrogen) atoms. The molecule has 2 amide bonds. The van der Waals surface area contributed by atoms with Crippen molar-refractivity contribution in [3.63, 3.8) is 0 Å². The smallest absolute Gasteiger partial charge is 0.360 e. The number of carbonyl (C=O) groups excluding carboxylic acids is 2. The van der Waals surface area contributed by atoms with Gasteiger partial charge in [0.05, 0.1) is 17.2 Å². The van der Waals surface area contributed by atoms with E-state index in [2.05, 4.69) is 10.5 Å². The predicted molar refractivity (Wildman–Crippen MR) is 86.8 cm³/mol. The third-order valence-electron chi connectivity index (χ3n) is 3.93. The van der Waals surface area contributed by atoms with Crippen LogP contribution in [0.3, 0.4) is 0 Å². The molecule has 1 aromatic heterocycles. The molecule has 1 aromatic carbocycles. The normalized spacial score (nSPS) is 17.7. The van der Waals surface area contributed by atoms with Crippen LogP contribution in [0.25, 0.3) is 0 Å². The zero-order valence-electron chi connectivity index (χ0n) is 13.4. The number of amides is 2. The second-order valence-corrected chi connectivity index (χ2v) is 6.31. The lowest BCUT2D eigenvalue weighted by Crippen LogP contribution is -2.28. The summed E-state index contributed by atoms with van der Waals surface area (Å²) in [6, 6.07) is 4.61. The van der Waals surface area contributed by atoms with Crippen molar-refractivity contribution in [3.05, 3.63) is 40.6 Å². The molecule has 0 radical (unpaired) electrons. The Morgan fingerprint density at radius 2 is 2.12 bits per heavy atom. The van der Waals surface area contributed by atoms with Gasteiger partial charge in [-0.25, -0.2) is 0 Å². The summed E-state index contributed by atoms with van der Waals surface area (Å²) in [5.41, 5.74) is -1.46. The van der Waals surface area contributed by atoms with Crippen LogP contribution in [-0.4, -0.2) is 23.5 Å². The number of alkyl halides is 3. The number of aromatic nitrogens is 1. The molecular formula is C16H13ClF3N3O3. The number of nitrogens with zero attached hydrogens (tertiary/aromatic N) is 2. The van der Waals surface area contributed by atoms with Crippen LogP contribution >= 0.6 is 11.6 Å². The van der Waals surface area contributed by atoms with Crippen LogP contribution in [0, 0.1) is 12.8 Å². The van der Waals surface area contributed by atoms with Crippen LogP contribution in [0.5, 0.6) is 0 Å². The number of anilines is 2. The Hall–Kier alpha value is -2.55. The highest BCUT2D eigenvalue weighted by atomic mass is 35.5. The minimum Gasteiger partial charge on any atom is -0.360 e. The predicted octanol–water partition coefficient (Wildman–Crippen LogP) is 3.65. The number of hydrogen-bond donors (Lipinski definition) is 1. The molecule has 0 saturated carbocycles. The highest BCUT2D eigenvalue weighted by Crippen LogP contribution is 2.37. The molecule has 2 heterocycles. The van der Waals surface area contributed by atoms with Crippen LogP contribution in [0.1, 0.15) is 17.7 Å². The molecule has 1 N–H and O–H groups in total. The number of carbonyl (C=O) groups is 2. The maximum absolute atomic E-state index is 13.1. The molecule has 1 aliphatic heterocycles. The van der Waals surface area contributed by atoms with Gasteiger partial charge < -0.3 is 9.84 Å². The van der Waals surface area contributed by atoms with Crippen molar-refractivity contribution >= 4 is 34.9 Å². The van der Waals surface area contributed by atoms with E-state index in [0.717, 1.165) is 12.1 Å². The number of aryl methyl sites for hydroxylation is 1. The Balaban J connectivity index is 1.76. The molecule has 2 aromatic rings. The zero-order chi connectivity index (χ0) is 19.1. The largest absolute Gasteiger partial charge is 0.418 e. The number of hydrogen-bond acceptors (Lipinski definition) is 4. The monoisotopic (exact) mass is 387 g/mol. The summed E-state index contributed by atoms with van der Waals surface area (Å²) in [5, 5.41) is 5.86. The zero-order valence-corrected chi connectivity index (χ0v) is 14.2. The Bertz CT molecular complexity index is 866. The molecule has 138 valence electrons. The standard InChI is InChI=1S/C16H13ClF3N3O3/c1-8-4-13(22-26-8)23-7-9(5-14(23)24)15(25)21-12-3-2-10(17)6-11(12)16(18,19)20/h2-4,6,9H,5,7H2,1H3,(H,21,25). The van der Waals surface area contributed by atoms with Crippen molar-refractivity contribution in [2.24, 2.45) is 5.92 Å². The fourth-order valence-corrected chi connectivity index (χ4v) is 2.85. The van der Waals surface area contributed by atoms with E-state index < -0.39 is 29.3 Å². The summed E-state index contributed by atoms with van der Waals surface area (Å²) in [7, 11) is 0. The summed E-state index contributed by atoms with van der Waals surface area (Å²) in [4.78, 5) is 25.7. The summed E-state index contributed by atoms with van der Waals surface area (Å²) >= 11 is 5.61. The van der Waals surface area contributed by atoms with E-state index in [9.17, 15) is 22.8 Å². The quantitative estimate of drug-likeness (QED) is 0.872. The molecule has 1 unspecified atom stereocenters. The average Bonchev–Trinajstić information content (AvgIpc) is 3.13. The van der Waals surface area contributed by atoms with E-state index in [0.29, 0.717) is 5.76 Å². The lowest BCUT2D eigenvalue weighted by Gasteiger charge is -2.16. The van der Waals surface area contributed by atoms with Crippen molar-refractivity contribution in [1.29, 1.82) is 0 Å². The number of nitrogens with one attached hydrogen (secondary N) is 1. The molecule has 1 aliphatic rings. The van der Waals surface area contributed by atoms with Crippen LogP contribution < -0.4 is 10.2 Å². The van der Waals surface area contributed by atoms with Gasteiger partial charge in [0.2, 0.25) is 11.8 Å². The van der Waals surface area contributed by atoms with Gasteiger partial charge in [0, 0.05) is 24.1 Å². The van der Waals surface area contributed by atoms with Crippen LogP contribution in [0.2, 0.25) is 5.02 Å². The number of halogens is 4. The van der Waals surface area contributed by atoms with E-state index in [4.69, 9.17) is 16.1 Å². The van der Waals surface area contributed by atoms with Gasteiger partial charge in [-0.05, 0) is 25.1 Å². The fourth-order valence-electron chi connectivity index (χ4n) is 2.68. The molecule has 0 aliphatic carbocycles. The van der Waals surface area contributed by atoms with Gasteiger partial charge in [0.1, 0.15) is 5.76 Å². The maximum atomic E-state index is 13.1. The molecular weight excluding hydrogens is 375 g/mol. The van der Waals surface area contributed by atoms with E-state index in [1.807, 2.05) is 0 Å². The first-order chi connectivity index (χ1) is 12.1. The third kappa shape index (κ3) is 3.67. The highest BCUT2D eigenvalue weighted by Gasteiger charge is 2.38. The first kappa shape index (κ1) is 18.2. The van der Waals surface area contributed by atoms with Gasteiger partial charge in [-0.1, -0.05) is 16.8 Å². The molecule has 10 heteroatoms.